The summed E-state index contributed by atoms with van der Waals surface area (Å²) in [7, 11) is 1.82. The van der Waals surface area contributed by atoms with E-state index in [1.54, 1.807) is 11.3 Å². The van der Waals surface area contributed by atoms with Gasteiger partial charge in [-0.1, -0.05) is 20.8 Å². The number of aromatic nitrogens is 1. The van der Waals surface area contributed by atoms with Gasteiger partial charge < -0.3 is 10.6 Å². The first-order valence-electron chi connectivity index (χ1n) is 7.53. The second-order valence-electron chi connectivity index (χ2n) is 5.30. The van der Waals surface area contributed by atoms with Crippen LogP contribution in [0.15, 0.2) is 10.4 Å². The van der Waals surface area contributed by atoms with Crippen molar-refractivity contribution in [3.05, 3.63) is 16.1 Å². The number of hydrogen-bond donors (Lipinski definition) is 2. The van der Waals surface area contributed by atoms with Gasteiger partial charge in [0.1, 0.15) is 0 Å². The smallest absolute Gasteiger partial charge is 0.190 e. The van der Waals surface area contributed by atoms with E-state index in [4.69, 9.17) is 0 Å². The van der Waals surface area contributed by atoms with Crippen molar-refractivity contribution in [2.45, 2.75) is 46.5 Å². The lowest BCUT2D eigenvalue weighted by molar-refractivity contribution is 0.549. The first-order valence-corrected chi connectivity index (χ1v) is 8.41. The van der Waals surface area contributed by atoms with Crippen molar-refractivity contribution < 1.29 is 0 Å². The summed E-state index contributed by atoms with van der Waals surface area (Å²) < 4.78 is 0. The molecular weight excluding hydrogens is 395 g/mol. The molecule has 0 saturated heterocycles. The Kier molecular flexibility index (Phi) is 12.0. The molecule has 0 aliphatic carbocycles. The molecule has 122 valence electrons. The average molecular weight is 424 g/mol. The summed E-state index contributed by atoms with van der Waals surface area (Å²) in [5, 5.41) is 10.1. The molecule has 0 spiro atoms. The van der Waals surface area contributed by atoms with E-state index >= 15 is 0 Å². The van der Waals surface area contributed by atoms with Crippen molar-refractivity contribution in [2.75, 3.05) is 20.1 Å². The Morgan fingerprint density at radius 2 is 2.05 bits per heavy atom. The van der Waals surface area contributed by atoms with E-state index in [-0.39, 0.29) is 24.0 Å². The van der Waals surface area contributed by atoms with Crippen molar-refractivity contribution >= 4 is 41.3 Å². The Hall–Kier alpha value is -0.370. The van der Waals surface area contributed by atoms with Gasteiger partial charge in [-0.3, -0.25) is 4.99 Å². The number of aliphatic imine (C=N–C) groups is 1. The SMILES string of the molecule is CCc1nc(CCNC(=NC)NCCCC(C)C)cs1.I. The maximum atomic E-state index is 4.56. The standard InChI is InChI=1S/C15H28N4S.HI/c1-5-14-19-13(11-20-14)8-10-18-15(16-4)17-9-6-7-12(2)3;/h11-12H,5-10H2,1-4H3,(H2,16,17,18);1H. The number of nitrogens with zero attached hydrogens (tertiary/aromatic N) is 2. The molecule has 1 rings (SSSR count). The van der Waals surface area contributed by atoms with E-state index in [1.807, 2.05) is 7.05 Å². The highest BCUT2D eigenvalue weighted by Crippen LogP contribution is 2.10. The van der Waals surface area contributed by atoms with Crippen LogP contribution >= 0.6 is 35.3 Å². The number of thiazole rings is 1. The predicted molar refractivity (Wildman–Crippen MR) is 104 cm³/mol. The predicted octanol–water partition coefficient (Wildman–Crippen LogP) is 3.47. The number of guanidine groups is 1. The molecule has 1 aromatic rings. The topological polar surface area (TPSA) is 49.3 Å². The van der Waals surface area contributed by atoms with E-state index in [0.29, 0.717) is 0 Å². The molecule has 0 amide bonds. The summed E-state index contributed by atoms with van der Waals surface area (Å²) in [6.45, 7) is 8.51. The molecule has 0 aromatic carbocycles. The summed E-state index contributed by atoms with van der Waals surface area (Å²) in [5.74, 6) is 1.66. The van der Waals surface area contributed by atoms with E-state index in [0.717, 1.165) is 37.8 Å². The molecule has 6 heteroatoms. The number of aryl methyl sites for hydroxylation is 1. The van der Waals surface area contributed by atoms with Gasteiger partial charge in [0, 0.05) is 31.9 Å². The van der Waals surface area contributed by atoms with E-state index in [2.05, 4.69) is 46.8 Å². The lowest BCUT2D eigenvalue weighted by Gasteiger charge is -2.11. The van der Waals surface area contributed by atoms with Gasteiger partial charge in [0.25, 0.3) is 0 Å². The maximum absolute atomic E-state index is 4.56. The molecule has 1 aromatic heterocycles. The average Bonchev–Trinajstić information content (AvgIpc) is 2.89. The van der Waals surface area contributed by atoms with Crippen molar-refractivity contribution in [1.82, 2.24) is 15.6 Å². The van der Waals surface area contributed by atoms with Crippen LogP contribution in [0.4, 0.5) is 0 Å². The minimum Gasteiger partial charge on any atom is -0.356 e. The van der Waals surface area contributed by atoms with Crippen LogP contribution in [0.1, 0.15) is 44.3 Å². The van der Waals surface area contributed by atoms with Crippen LogP contribution < -0.4 is 10.6 Å². The zero-order valence-electron chi connectivity index (χ0n) is 13.6. The monoisotopic (exact) mass is 424 g/mol. The minimum absolute atomic E-state index is 0. The molecule has 2 N–H and O–H groups in total. The fraction of sp³-hybridized carbons (Fsp3) is 0.733. The number of hydrogen-bond acceptors (Lipinski definition) is 3. The first kappa shape index (κ1) is 20.6. The molecule has 4 nitrogen and oxygen atoms in total. The van der Waals surface area contributed by atoms with Gasteiger partial charge in [0.2, 0.25) is 0 Å². The van der Waals surface area contributed by atoms with Gasteiger partial charge in [-0.2, -0.15) is 0 Å². The molecule has 1 heterocycles. The Balaban J connectivity index is 0.00000400. The third-order valence-corrected chi connectivity index (χ3v) is 4.09. The molecule has 0 aliphatic heterocycles. The van der Waals surface area contributed by atoms with Gasteiger partial charge in [-0.05, 0) is 25.2 Å². The number of halogens is 1. The van der Waals surface area contributed by atoms with Crippen LogP contribution in [0.5, 0.6) is 0 Å². The largest absolute Gasteiger partial charge is 0.356 e. The van der Waals surface area contributed by atoms with Crippen LogP contribution in [-0.4, -0.2) is 31.1 Å². The summed E-state index contributed by atoms with van der Waals surface area (Å²) in [6, 6.07) is 0. The second-order valence-corrected chi connectivity index (χ2v) is 6.24. The number of nitrogens with one attached hydrogen (secondary N) is 2. The molecule has 0 unspecified atom stereocenters. The molecular formula is C15H29IN4S. The fourth-order valence-electron chi connectivity index (χ4n) is 1.87. The van der Waals surface area contributed by atoms with Gasteiger partial charge in [-0.25, -0.2) is 4.98 Å². The molecule has 0 atom stereocenters. The lowest BCUT2D eigenvalue weighted by Crippen LogP contribution is -2.38. The number of rotatable bonds is 8. The van der Waals surface area contributed by atoms with Gasteiger partial charge in [0.15, 0.2) is 5.96 Å². The molecule has 0 bridgehead atoms. The first-order chi connectivity index (χ1) is 9.65. The fourth-order valence-corrected chi connectivity index (χ4v) is 2.65. The Morgan fingerprint density at radius 3 is 2.62 bits per heavy atom. The summed E-state index contributed by atoms with van der Waals surface area (Å²) in [6.07, 6.45) is 4.41. The zero-order valence-corrected chi connectivity index (χ0v) is 16.8. The van der Waals surface area contributed by atoms with Crippen molar-refractivity contribution in [3.63, 3.8) is 0 Å². The maximum Gasteiger partial charge on any atom is 0.190 e. The van der Waals surface area contributed by atoms with Crippen molar-refractivity contribution in [2.24, 2.45) is 10.9 Å². The normalized spacial score (nSPS) is 11.4. The van der Waals surface area contributed by atoms with Gasteiger partial charge in [0.05, 0.1) is 10.7 Å². The highest BCUT2D eigenvalue weighted by atomic mass is 127. The second kappa shape index (κ2) is 12.2. The third-order valence-electron chi connectivity index (χ3n) is 3.05. The van der Waals surface area contributed by atoms with Crippen LogP contribution in [0, 0.1) is 5.92 Å². The van der Waals surface area contributed by atoms with Crippen LogP contribution in [-0.2, 0) is 12.8 Å². The van der Waals surface area contributed by atoms with Gasteiger partial charge >= 0.3 is 0 Å². The van der Waals surface area contributed by atoms with Crippen LogP contribution in [0.2, 0.25) is 0 Å². The highest BCUT2D eigenvalue weighted by Gasteiger charge is 2.02. The Morgan fingerprint density at radius 1 is 1.33 bits per heavy atom. The molecule has 0 saturated carbocycles. The zero-order chi connectivity index (χ0) is 14.8. The van der Waals surface area contributed by atoms with E-state index in [1.165, 1.54) is 23.5 Å². The molecule has 0 aliphatic rings. The molecule has 0 fully saturated rings. The molecule has 0 radical (unpaired) electrons. The Bertz CT molecular complexity index is 404. The van der Waals surface area contributed by atoms with E-state index < -0.39 is 0 Å². The third kappa shape index (κ3) is 9.29. The lowest BCUT2D eigenvalue weighted by atomic mass is 10.1. The van der Waals surface area contributed by atoms with Gasteiger partial charge in [-0.15, -0.1) is 35.3 Å². The Labute approximate surface area is 150 Å². The quantitative estimate of drug-likeness (QED) is 0.291. The van der Waals surface area contributed by atoms with E-state index in [9.17, 15) is 0 Å². The van der Waals surface area contributed by atoms with Crippen molar-refractivity contribution in [1.29, 1.82) is 0 Å². The highest BCUT2D eigenvalue weighted by molar-refractivity contribution is 14.0. The van der Waals surface area contributed by atoms with Crippen LogP contribution in [0.25, 0.3) is 0 Å². The van der Waals surface area contributed by atoms with Crippen molar-refractivity contribution in [3.8, 4) is 0 Å². The molecule has 21 heavy (non-hydrogen) atoms. The summed E-state index contributed by atoms with van der Waals surface area (Å²) in [5.41, 5.74) is 1.18. The minimum atomic E-state index is 0. The van der Waals surface area contributed by atoms with Crippen LogP contribution in [0.3, 0.4) is 0 Å². The summed E-state index contributed by atoms with van der Waals surface area (Å²) in [4.78, 5) is 8.80. The summed E-state index contributed by atoms with van der Waals surface area (Å²) >= 11 is 1.75.